The first-order chi connectivity index (χ1) is 7.22. The predicted octanol–water partition coefficient (Wildman–Crippen LogP) is 2.30. The standard InChI is InChI=1S/C12H19NO2/c1-5-10-6-7-12(15-4)11(8-10)13(2)9-14-3/h6-8H,5,9H2,1-4H3. The topological polar surface area (TPSA) is 21.7 Å². The molecule has 0 atom stereocenters. The average molecular weight is 209 g/mol. The molecule has 0 unspecified atom stereocenters. The minimum atomic E-state index is 0.559. The van der Waals surface area contributed by atoms with Crippen molar-refractivity contribution in [2.75, 3.05) is 32.9 Å². The molecule has 0 amide bonds. The van der Waals surface area contributed by atoms with Crippen LogP contribution in [0, 0.1) is 0 Å². The number of benzene rings is 1. The highest BCUT2D eigenvalue weighted by atomic mass is 16.5. The monoisotopic (exact) mass is 209 g/mol. The van der Waals surface area contributed by atoms with E-state index in [1.165, 1.54) is 5.56 Å². The summed E-state index contributed by atoms with van der Waals surface area (Å²) in [5.74, 6) is 0.881. The van der Waals surface area contributed by atoms with E-state index < -0.39 is 0 Å². The zero-order chi connectivity index (χ0) is 11.3. The summed E-state index contributed by atoms with van der Waals surface area (Å²) in [5, 5.41) is 0. The fraction of sp³-hybridized carbons (Fsp3) is 0.500. The molecule has 84 valence electrons. The molecule has 0 spiro atoms. The molecule has 0 aliphatic heterocycles. The van der Waals surface area contributed by atoms with Crippen LogP contribution < -0.4 is 9.64 Å². The van der Waals surface area contributed by atoms with Gasteiger partial charge in [-0.05, 0) is 24.1 Å². The van der Waals surface area contributed by atoms with Crippen molar-refractivity contribution in [3.63, 3.8) is 0 Å². The molecule has 0 aliphatic carbocycles. The van der Waals surface area contributed by atoms with Crippen LogP contribution in [0.3, 0.4) is 0 Å². The second-order valence-electron chi connectivity index (χ2n) is 3.48. The maximum atomic E-state index is 5.32. The van der Waals surface area contributed by atoms with E-state index in [1.807, 2.05) is 18.0 Å². The third-order valence-corrected chi connectivity index (χ3v) is 2.39. The Bertz CT molecular complexity index is 312. The smallest absolute Gasteiger partial charge is 0.142 e. The molecular weight excluding hydrogens is 190 g/mol. The van der Waals surface area contributed by atoms with Crippen molar-refractivity contribution >= 4 is 5.69 Å². The van der Waals surface area contributed by atoms with Crippen molar-refractivity contribution < 1.29 is 9.47 Å². The first-order valence-electron chi connectivity index (χ1n) is 5.10. The highest BCUT2D eigenvalue weighted by Crippen LogP contribution is 2.28. The van der Waals surface area contributed by atoms with E-state index in [1.54, 1.807) is 14.2 Å². The summed E-state index contributed by atoms with van der Waals surface area (Å²) < 4.78 is 10.4. The first kappa shape index (κ1) is 11.9. The first-order valence-corrected chi connectivity index (χ1v) is 5.10. The van der Waals surface area contributed by atoms with E-state index in [9.17, 15) is 0 Å². The van der Waals surface area contributed by atoms with Gasteiger partial charge in [0.1, 0.15) is 12.5 Å². The molecule has 0 fully saturated rings. The normalized spacial score (nSPS) is 10.1. The zero-order valence-corrected chi connectivity index (χ0v) is 9.91. The number of rotatable bonds is 5. The Morgan fingerprint density at radius 3 is 2.53 bits per heavy atom. The van der Waals surface area contributed by atoms with Crippen molar-refractivity contribution in [2.24, 2.45) is 0 Å². The molecule has 15 heavy (non-hydrogen) atoms. The molecule has 0 saturated heterocycles. The van der Waals surface area contributed by atoms with E-state index in [-0.39, 0.29) is 0 Å². The highest BCUT2D eigenvalue weighted by molar-refractivity contribution is 5.59. The van der Waals surface area contributed by atoms with Gasteiger partial charge in [0.05, 0.1) is 12.8 Å². The van der Waals surface area contributed by atoms with Crippen LogP contribution in [-0.2, 0) is 11.2 Å². The Labute approximate surface area is 91.6 Å². The number of hydrogen-bond acceptors (Lipinski definition) is 3. The summed E-state index contributed by atoms with van der Waals surface area (Å²) in [6, 6.07) is 6.22. The van der Waals surface area contributed by atoms with E-state index in [0.29, 0.717) is 6.73 Å². The summed E-state index contributed by atoms with van der Waals surface area (Å²) in [7, 11) is 5.36. The SMILES string of the molecule is CCc1ccc(OC)c(N(C)COC)c1. The van der Waals surface area contributed by atoms with Gasteiger partial charge in [0.15, 0.2) is 0 Å². The van der Waals surface area contributed by atoms with Gasteiger partial charge in [-0.1, -0.05) is 13.0 Å². The lowest BCUT2D eigenvalue weighted by Gasteiger charge is -2.21. The molecule has 0 N–H and O–H groups in total. The molecule has 1 aromatic carbocycles. The van der Waals surface area contributed by atoms with E-state index >= 15 is 0 Å². The van der Waals surface area contributed by atoms with Crippen molar-refractivity contribution in [3.05, 3.63) is 23.8 Å². The zero-order valence-electron chi connectivity index (χ0n) is 9.91. The van der Waals surface area contributed by atoms with Gasteiger partial charge in [0.2, 0.25) is 0 Å². The van der Waals surface area contributed by atoms with Crippen LogP contribution in [0.1, 0.15) is 12.5 Å². The Kier molecular flexibility index (Phi) is 4.43. The molecular formula is C12H19NO2. The molecule has 0 aromatic heterocycles. The van der Waals surface area contributed by atoms with Gasteiger partial charge in [-0.15, -0.1) is 0 Å². The summed E-state index contributed by atoms with van der Waals surface area (Å²) in [6.45, 7) is 2.70. The van der Waals surface area contributed by atoms with Gasteiger partial charge in [-0.25, -0.2) is 0 Å². The van der Waals surface area contributed by atoms with Gasteiger partial charge in [-0.3, -0.25) is 0 Å². The molecule has 3 heteroatoms. The van der Waals surface area contributed by atoms with Crippen LogP contribution >= 0.6 is 0 Å². The minimum Gasteiger partial charge on any atom is -0.495 e. The summed E-state index contributed by atoms with van der Waals surface area (Å²) in [4.78, 5) is 2.03. The summed E-state index contributed by atoms with van der Waals surface area (Å²) in [6.07, 6.45) is 1.03. The van der Waals surface area contributed by atoms with Crippen LogP contribution in [-0.4, -0.2) is 28.0 Å². The number of aryl methyl sites for hydroxylation is 1. The van der Waals surface area contributed by atoms with Crippen molar-refractivity contribution in [3.8, 4) is 5.75 Å². The number of ether oxygens (including phenoxy) is 2. The highest BCUT2D eigenvalue weighted by Gasteiger charge is 2.08. The van der Waals surface area contributed by atoms with Gasteiger partial charge in [0.25, 0.3) is 0 Å². The lowest BCUT2D eigenvalue weighted by atomic mass is 10.1. The lowest BCUT2D eigenvalue weighted by molar-refractivity contribution is 0.201. The number of nitrogens with zero attached hydrogens (tertiary/aromatic N) is 1. The van der Waals surface area contributed by atoms with Crippen LogP contribution in [0.2, 0.25) is 0 Å². The quantitative estimate of drug-likeness (QED) is 0.694. The molecule has 0 heterocycles. The van der Waals surface area contributed by atoms with Gasteiger partial charge < -0.3 is 14.4 Å². The Morgan fingerprint density at radius 2 is 2.00 bits per heavy atom. The van der Waals surface area contributed by atoms with Gasteiger partial charge >= 0.3 is 0 Å². The van der Waals surface area contributed by atoms with Crippen molar-refractivity contribution in [1.82, 2.24) is 0 Å². The molecule has 0 saturated carbocycles. The largest absolute Gasteiger partial charge is 0.495 e. The second-order valence-corrected chi connectivity index (χ2v) is 3.48. The Balaban J connectivity index is 3.00. The minimum absolute atomic E-state index is 0.559. The fourth-order valence-corrected chi connectivity index (χ4v) is 1.52. The van der Waals surface area contributed by atoms with Crippen molar-refractivity contribution in [2.45, 2.75) is 13.3 Å². The molecule has 0 aliphatic rings. The van der Waals surface area contributed by atoms with Crippen LogP contribution in [0.25, 0.3) is 0 Å². The average Bonchev–Trinajstić information content (AvgIpc) is 2.28. The van der Waals surface area contributed by atoms with Crippen molar-refractivity contribution in [1.29, 1.82) is 0 Å². The Morgan fingerprint density at radius 1 is 1.27 bits per heavy atom. The number of methoxy groups -OCH3 is 2. The molecule has 1 aromatic rings. The van der Waals surface area contributed by atoms with Crippen LogP contribution in [0.4, 0.5) is 5.69 Å². The molecule has 0 radical (unpaired) electrons. The lowest BCUT2D eigenvalue weighted by Crippen LogP contribution is -2.20. The van der Waals surface area contributed by atoms with Gasteiger partial charge in [0, 0.05) is 14.2 Å². The van der Waals surface area contributed by atoms with E-state index in [4.69, 9.17) is 9.47 Å². The third kappa shape index (κ3) is 2.86. The van der Waals surface area contributed by atoms with E-state index in [0.717, 1.165) is 17.9 Å². The Hall–Kier alpha value is -1.22. The maximum absolute atomic E-state index is 5.32. The summed E-state index contributed by atoms with van der Waals surface area (Å²) in [5.41, 5.74) is 2.37. The van der Waals surface area contributed by atoms with Gasteiger partial charge in [-0.2, -0.15) is 0 Å². The molecule has 0 bridgehead atoms. The van der Waals surface area contributed by atoms with Crippen LogP contribution in [0.15, 0.2) is 18.2 Å². The predicted molar refractivity (Wildman–Crippen MR) is 62.7 cm³/mol. The maximum Gasteiger partial charge on any atom is 0.142 e. The summed E-state index contributed by atoms with van der Waals surface area (Å²) >= 11 is 0. The second kappa shape index (κ2) is 5.61. The fourth-order valence-electron chi connectivity index (χ4n) is 1.52. The number of hydrogen-bond donors (Lipinski definition) is 0. The van der Waals surface area contributed by atoms with Crippen LogP contribution in [0.5, 0.6) is 5.75 Å². The van der Waals surface area contributed by atoms with E-state index in [2.05, 4.69) is 19.1 Å². The number of anilines is 1. The molecule has 3 nitrogen and oxygen atoms in total. The third-order valence-electron chi connectivity index (χ3n) is 2.39. The molecule has 1 rings (SSSR count).